The predicted octanol–water partition coefficient (Wildman–Crippen LogP) is 1.70. The number of nitrogens with two attached hydrogens (primary N) is 1. The zero-order chi connectivity index (χ0) is 15.8. The summed E-state index contributed by atoms with van der Waals surface area (Å²) < 4.78 is 67.1. The van der Waals surface area contributed by atoms with Crippen LogP contribution in [0.1, 0.15) is 5.69 Å². The molecule has 0 atom stereocenters. The number of nitrogens with one attached hydrogen (secondary N) is 1. The van der Waals surface area contributed by atoms with Crippen LogP contribution in [0.25, 0.3) is 0 Å². The molecule has 0 unspecified atom stereocenters. The van der Waals surface area contributed by atoms with Gasteiger partial charge in [-0.2, -0.15) is 0 Å². The Balaban J connectivity index is 2.42. The van der Waals surface area contributed by atoms with Crippen molar-refractivity contribution in [1.29, 1.82) is 0 Å². The summed E-state index contributed by atoms with van der Waals surface area (Å²) in [5.74, 6) is -4.05. The second kappa shape index (κ2) is 5.41. The lowest BCUT2D eigenvalue weighted by molar-refractivity contribution is 0.498. The van der Waals surface area contributed by atoms with Gasteiger partial charge < -0.3 is 10.3 Å². The molecule has 1 aromatic carbocycles. The molecule has 0 saturated heterocycles. The second-order valence-corrected chi connectivity index (χ2v) is 6.02. The van der Waals surface area contributed by atoms with Gasteiger partial charge in [0, 0.05) is 37.6 Å². The number of halogens is 3. The van der Waals surface area contributed by atoms with Crippen LogP contribution < -0.4 is 10.5 Å². The summed E-state index contributed by atoms with van der Waals surface area (Å²) in [6.45, 7) is 0.106. The summed E-state index contributed by atoms with van der Waals surface area (Å²) in [5, 5.41) is 0. The largest absolute Gasteiger partial charge is 0.352 e. The molecule has 0 aliphatic heterocycles. The molecule has 0 fully saturated rings. The monoisotopic (exact) mass is 319 g/mol. The van der Waals surface area contributed by atoms with Crippen LogP contribution >= 0.6 is 0 Å². The van der Waals surface area contributed by atoms with E-state index in [0.29, 0.717) is 17.8 Å². The van der Waals surface area contributed by atoms with Crippen LogP contribution in [0.2, 0.25) is 0 Å². The maximum Gasteiger partial charge on any atom is 0.263 e. The van der Waals surface area contributed by atoms with Crippen LogP contribution in [-0.2, 0) is 23.6 Å². The van der Waals surface area contributed by atoms with Gasteiger partial charge >= 0.3 is 0 Å². The molecule has 0 aliphatic rings. The summed E-state index contributed by atoms with van der Waals surface area (Å²) in [7, 11) is -2.59. The molecule has 2 aromatic rings. The first-order chi connectivity index (χ1) is 9.74. The third-order valence-corrected chi connectivity index (χ3v) is 4.17. The van der Waals surface area contributed by atoms with Gasteiger partial charge in [0.1, 0.15) is 10.7 Å². The van der Waals surface area contributed by atoms with Crippen molar-refractivity contribution in [2.24, 2.45) is 12.8 Å². The van der Waals surface area contributed by atoms with Gasteiger partial charge in [-0.25, -0.2) is 21.6 Å². The number of nitrogens with zero attached hydrogens (tertiary/aromatic N) is 1. The van der Waals surface area contributed by atoms with Gasteiger partial charge in [-0.1, -0.05) is 0 Å². The number of benzene rings is 1. The Hall–Kier alpha value is -2.00. The Morgan fingerprint density at radius 3 is 2.48 bits per heavy atom. The summed E-state index contributed by atoms with van der Waals surface area (Å²) in [6, 6.07) is 2.17. The van der Waals surface area contributed by atoms with Gasteiger partial charge in [0.2, 0.25) is 0 Å². The van der Waals surface area contributed by atoms with Gasteiger partial charge in [-0.15, -0.1) is 0 Å². The molecule has 0 saturated carbocycles. The fourth-order valence-corrected chi connectivity index (χ4v) is 2.90. The first kappa shape index (κ1) is 15.4. The smallest absolute Gasteiger partial charge is 0.263 e. The van der Waals surface area contributed by atoms with E-state index in [1.807, 2.05) is 4.72 Å². The molecule has 21 heavy (non-hydrogen) atoms. The van der Waals surface area contributed by atoms with Crippen LogP contribution in [0.15, 0.2) is 29.3 Å². The van der Waals surface area contributed by atoms with Crippen LogP contribution in [-0.4, -0.2) is 13.0 Å². The minimum absolute atomic E-state index is 0.106. The molecule has 1 aromatic heterocycles. The Morgan fingerprint density at radius 1 is 1.24 bits per heavy atom. The van der Waals surface area contributed by atoms with E-state index in [4.69, 9.17) is 5.73 Å². The Morgan fingerprint density at radius 2 is 1.90 bits per heavy atom. The maximum atomic E-state index is 13.5. The minimum atomic E-state index is -4.18. The molecule has 0 amide bonds. The Kier molecular flexibility index (Phi) is 3.97. The minimum Gasteiger partial charge on any atom is -0.352 e. The fraction of sp³-hybridized carbons (Fsp3) is 0.167. The molecule has 114 valence electrons. The Bertz CT molecular complexity index is 787. The SMILES string of the molecule is Cn1cc(S(=O)(=O)Nc2cc(F)cc(F)c2F)cc1CN. The summed E-state index contributed by atoms with van der Waals surface area (Å²) in [4.78, 5) is -0.186. The number of hydrogen-bond acceptors (Lipinski definition) is 3. The van der Waals surface area contributed by atoms with E-state index in [2.05, 4.69) is 0 Å². The molecule has 0 aliphatic carbocycles. The molecule has 5 nitrogen and oxygen atoms in total. The van der Waals surface area contributed by atoms with Gasteiger partial charge in [0.15, 0.2) is 11.6 Å². The van der Waals surface area contributed by atoms with Crippen molar-refractivity contribution in [2.45, 2.75) is 11.4 Å². The molecular weight excluding hydrogens is 307 g/mol. The average molecular weight is 319 g/mol. The van der Waals surface area contributed by atoms with E-state index in [0.717, 1.165) is 0 Å². The molecule has 3 N–H and O–H groups in total. The molecule has 1 heterocycles. The first-order valence-corrected chi connectivity index (χ1v) is 7.25. The zero-order valence-corrected chi connectivity index (χ0v) is 11.7. The molecule has 0 spiro atoms. The van der Waals surface area contributed by atoms with E-state index in [9.17, 15) is 21.6 Å². The number of rotatable bonds is 4. The van der Waals surface area contributed by atoms with E-state index < -0.39 is 33.2 Å². The summed E-state index contributed by atoms with van der Waals surface area (Å²) in [6.07, 6.45) is 1.26. The van der Waals surface area contributed by atoms with Crippen LogP contribution in [0, 0.1) is 17.5 Å². The van der Waals surface area contributed by atoms with Crippen molar-refractivity contribution >= 4 is 15.7 Å². The first-order valence-electron chi connectivity index (χ1n) is 5.77. The molecule has 0 radical (unpaired) electrons. The molecule has 2 rings (SSSR count). The number of anilines is 1. The van der Waals surface area contributed by atoms with Gasteiger partial charge in [-0.3, -0.25) is 4.72 Å². The van der Waals surface area contributed by atoms with Crippen LogP contribution in [0.3, 0.4) is 0 Å². The van der Waals surface area contributed by atoms with E-state index >= 15 is 0 Å². The van der Waals surface area contributed by atoms with Crippen molar-refractivity contribution < 1.29 is 21.6 Å². The molecular formula is C12H12F3N3O2S. The average Bonchev–Trinajstić information content (AvgIpc) is 2.77. The van der Waals surface area contributed by atoms with Crippen molar-refractivity contribution in [3.63, 3.8) is 0 Å². The van der Waals surface area contributed by atoms with Crippen molar-refractivity contribution in [3.8, 4) is 0 Å². The van der Waals surface area contributed by atoms with E-state index in [1.54, 1.807) is 7.05 Å². The van der Waals surface area contributed by atoms with E-state index in [-0.39, 0.29) is 11.4 Å². The number of aromatic nitrogens is 1. The highest BCUT2D eigenvalue weighted by Gasteiger charge is 2.21. The lowest BCUT2D eigenvalue weighted by Gasteiger charge is -2.08. The van der Waals surface area contributed by atoms with Crippen molar-refractivity contribution in [2.75, 3.05) is 4.72 Å². The standard InChI is InChI=1S/C12H12F3N3O2S/c1-18-6-9(4-8(18)5-16)21(19,20)17-11-3-7(13)2-10(14)12(11)15/h2-4,6,17H,5,16H2,1H3. The molecule has 9 heteroatoms. The highest BCUT2D eigenvalue weighted by molar-refractivity contribution is 7.92. The normalized spacial score (nSPS) is 11.7. The fourth-order valence-electron chi connectivity index (χ4n) is 1.76. The van der Waals surface area contributed by atoms with Crippen LogP contribution in [0.5, 0.6) is 0 Å². The second-order valence-electron chi connectivity index (χ2n) is 4.34. The summed E-state index contributed by atoms with van der Waals surface area (Å²) >= 11 is 0. The quantitative estimate of drug-likeness (QED) is 0.842. The molecule has 0 bridgehead atoms. The highest BCUT2D eigenvalue weighted by Crippen LogP contribution is 2.23. The number of hydrogen-bond donors (Lipinski definition) is 2. The number of sulfonamides is 1. The summed E-state index contributed by atoms with van der Waals surface area (Å²) in [5.41, 5.74) is 5.16. The van der Waals surface area contributed by atoms with Gasteiger partial charge in [0.05, 0.1) is 5.69 Å². The van der Waals surface area contributed by atoms with E-state index in [1.165, 1.54) is 16.8 Å². The zero-order valence-electron chi connectivity index (χ0n) is 10.9. The third-order valence-electron chi connectivity index (χ3n) is 2.84. The van der Waals surface area contributed by atoms with Crippen LogP contribution in [0.4, 0.5) is 18.9 Å². The maximum absolute atomic E-state index is 13.5. The Labute approximate surface area is 119 Å². The van der Waals surface area contributed by atoms with Crippen molar-refractivity contribution in [1.82, 2.24) is 4.57 Å². The van der Waals surface area contributed by atoms with Gasteiger partial charge in [-0.05, 0) is 6.07 Å². The highest BCUT2D eigenvalue weighted by atomic mass is 32.2. The van der Waals surface area contributed by atoms with Gasteiger partial charge in [0.25, 0.3) is 10.0 Å². The third kappa shape index (κ3) is 3.03. The van der Waals surface area contributed by atoms with Crippen molar-refractivity contribution in [3.05, 3.63) is 47.5 Å². The predicted molar refractivity (Wildman–Crippen MR) is 70.4 cm³/mol. The lowest BCUT2D eigenvalue weighted by atomic mass is 10.3. The topological polar surface area (TPSA) is 77.1 Å². The lowest BCUT2D eigenvalue weighted by Crippen LogP contribution is -2.14. The number of aryl methyl sites for hydroxylation is 1.